The summed E-state index contributed by atoms with van der Waals surface area (Å²) >= 11 is 6.21. The summed E-state index contributed by atoms with van der Waals surface area (Å²) in [7, 11) is 0. The molecule has 38 heavy (non-hydrogen) atoms. The van der Waals surface area contributed by atoms with E-state index in [-0.39, 0.29) is 18.3 Å². The van der Waals surface area contributed by atoms with E-state index in [0.29, 0.717) is 28.6 Å². The first-order valence-electron chi connectivity index (χ1n) is 12.1. The van der Waals surface area contributed by atoms with Crippen LogP contribution in [0.25, 0.3) is 11.1 Å². The molecule has 3 aromatic carbocycles. The van der Waals surface area contributed by atoms with Gasteiger partial charge in [0.15, 0.2) is 0 Å². The summed E-state index contributed by atoms with van der Waals surface area (Å²) in [6, 6.07) is 25.8. The number of hydrogen-bond acceptors (Lipinski definition) is 6. The fourth-order valence-electron chi connectivity index (χ4n) is 3.76. The Bertz CT molecular complexity index is 1390. The molecule has 0 fully saturated rings. The highest BCUT2D eigenvalue weighted by Crippen LogP contribution is 2.30. The maximum atomic E-state index is 12.5. The third kappa shape index (κ3) is 7.11. The van der Waals surface area contributed by atoms with Crippen LogP contribution in [0.15, 0.2) is 91.1 Å². The van der Waals surface area contributed by atoms with E-state index in [1.54, 1.807) is 44.3 Å². The van der Waals surface area contributed by atoms with Crippen molar-refractivity contribution in [2.24, 2.45) is 0 Å². The first-order valence-corrected chi connectivity index (χ1v) is 12.5. The number of aromatic nitrogens is 1. The highest BCUT2D eigenvalue weighted by molar-refractivity contribution is 6.31. The summed E-state index contributed by atoms with van der Waals surface area (Å²) in [5.74, 6) is 0.534. The first-order chi connectivity index (χ1) is 18.4. The summed E-state index contributed by atoms with van der Waals surface area (Å²) in [6.45, 7) is 3.91. The fraction of sp³-hybridized carbons (Fsp3) is 0.167. The molecule has 0 aliphatic rings. The van der Waals surface area contributed by atoms with E-state index < -0.39 is 12.2 Å². The van der Waals surface area contributed by atoms with Gasteiger partial charge in [-0.2, -0.15) is 0 Å². The number of rotatable bonds is 9. The molecule has 4 rings (SSSR count). The predicted octanol–water partition coefficient (Wildman–Crippen LogP) is 7.61. The number of nitrogens with one attached hydrogen (secondary N) is 1. The van der Waals surface area contributed by atoms with Crippen LogP contribution in [0.3, 0.4) is 0 Å². The van der Waals surface area contributed by atoms with Gasteiger partial charge in [-0.3, -0.25) is 10.1 Å². The maximum absolute atomic E-state index is 12.5. The topological polar surface area (TPSA) is 86.8 Å². The Balaban J connectivity index is 1.39. The van der Waals surface area contributed by atoms with E-state index in [1.165, 1.54) is 0 Å². The standard InChI is InChI=1S/C30H27ClN2O5/c1-3-36-28(34)19-21-10-12-22(13-11-21)23-14-16-24(17-15-23)38-29-27(9-6-18-32-29)33-30(35)37-20(2)25-7-4-5-8-26(25)31/h4-18,20H,3,19H2,1-2H3,(H,33,35). The molecule has 0 saturated carbocycles. The SMILES string of the molecule is CCOC(=O)Cc1ccc(-c2ccc(Oc3ncccc3NC(=O)OC(C)c3ccccc3Cl)cc2)cc1. The van der Waals surface area contributed by atoms with Crippen LogP contribution >= 0.6 is 11.6 Å². The van der Waals surface area contributed by atoms with Crippen LogP contribution in [0.2, 0.25) is 5.02 Å². The lowest BCUT2D eigenvalue weighted by molar-refractivity contribution is -0.142. The zero-order valence-electron chi connectivity index (χ0n) is 21.0. The van der Waals surface area contributed by atoms with Crippen LogP contribution in [0, 0.1) is 0 Å². The zero-order chi connectivity index (χ0) is 26.9. The average molecular weight is 531 g/mol. The van der Waals surface area contributed by atoms with Gasteiger partial charge in [-0.05, 0) is 60.9 Å². The van der Waals surface area contributed by atoms with Gasteiger partial charge in [0.05, 0.1) is 13.0 Å². The number of carbonyl (C=O) groups is 2. The molecular weight excluding hydrogens is 504 g/mol. The summed E-state index contributed by atoms with van der Waals surface area (Å²) in [6.07, 6.45) is 0.617. The molecule has 1 N–H and O–H groups in total. The monoisotopic (exact) mass is 530 g/mol. The van der Waals surface area contributed by atoms with Crippen molar-refractivity contribution in [1.82, 2.24) is 4.98 Å². The summed E-state index contributed by atoms with van der Waals surface area (Å²) in [5, 5.41) is 3.21. The fourth-order valence-corrected chi connectivity index (χ4v) is 4.05. The largest absolute Gasteiger partial charge is 0.466 e. The molecule has 8 heteroatoms. The van der Waals surface area contributed by atoms with Gasteiger partial charge in [-0.25, -0.2) is 9.78 Å². The molecule has 0 spiro atoms. The number of hydrogen-bond donors (Lipinski definition) is 1. The van der Waals surface area contributed by atoms with Gasteiger partial charge >= 0.3 is 12.1 Å². The van der Waals surface area contributed by atoms with Gasteiger partial charge in [0.1, 0.15) is 17.5 Å². The summed E-state index contributed by atoms with van der Waals surface area (Å²) in [5.41, 5.74) is 3.95. The highest BCUT2D eigenvalue weighted by Gasteiger charge is 2.16. The number of anilines is 1. The molecule has 1 unspecified atom stereocenters. The highest BCUT2D eigenvalue weighted by atomic mass is 35.5. The lowest BCUT2D eigenvalue weighted by Crippen LogP contribution is -2.16. The third-order valence-corrected chi connectivity index (χ3v) is 5.99. The van der Waals surface area contributed by atoms with Gasteiger partial charge < -0.3 is 14.2 Å². The van der Waals surface area contributed by atoms with Crippen LogP contribution in [0.4, 0.5) is 10.5 Å². The maximum Gasteiger partial charge on any atom is 0.412 e. The smallest absolute Gasteiger partial charge is 0.412 e. The van der Waals surface area contributed by atoms with Crippen LogP contribution in [0.1, 0.15) is 31.1 Å². The third-order valence-electron chi connectivity index (χ3n) is 5.64. The molecule has 1 amide bonds. The summed E-state index contributed by atoms with van der Waals surface area (Å²) < 4.78 is 16.4. The molecule has 194 valence electrons. The van der Waals surface area contributed by atoms with Crippen molar-refractivity contribution in [1.29, 1.82) is 0 Å². The van der Waals surface area contributed by atoms with Crippen LogP contribution in [0.5, 0.6) is 11.6 Å². The minimum absolute atomic E-state index is 0.228. The molecule has 1 heterocycles. The molecule has 0 aliphatic carbocycles. The number of pyridine rings is 1. The Hall–Kier alpha value is -4.36. The number of carbonyl (C=O) groups excluding carboxylic acids is 2. The molecule has 0 aliphatic heterocycles. The molecular formula is C30H27ClN2O5. The number of ether oxygens (including phenoxy) is 3. The Kier molecular flexibility index (Phi) is 8.95. The average Bonchev–Trinajstić information content (AvgIpc) is 2.91. The van der Waals surface area contributed by atoms with Crippen molar-refractivity contribution in [3.05, 3.63) is 107 Å². The van der Waals surface area contributed by atoms with Gasteiger partial charge in [-0.15, -0.1) is 0 Å². The van der Waals surface area contributed by atoms with Gasteiger partial charge in [0, 0.05) is 16.8 Å². The Morgan fingerprint density at radius 2 is 1.61 bits per heavy atom. The van der Waals surface area contributed by atoms with Gasteiger partial charge in [0.25, 0.3) is 0 Å². The number of esters is 1. The zero-order valence-corrected chi connectivity index (χ0v) is 21.8. The van der Waals surface area contributed by atoms with Crippen molar-refractivity contribution in [2.45, 2.75) is 26.4 Å². The quantitative estimate of drug-likeness (QED) is 0.224. The molecule has 7 nitrogen and oxygen atoms in total. The van der Waals surface area contributed by atoms with Crippen molar-refractivity contribution in [3.63, 3.8) is 0 Å². The van der Waals surface area contributed by atoms with E-state index in [9.17, 15) is 9.59 Å². The molecule has 1 atom stereocenters. The number of nitrogens with zero attached hydrogens (tertiary/aromatic N) is 1. The summed E-state index contributed by atoms with van der Waals surface area (Å²) in [4.78, 5) is 28.5. The molecule has 4 aromatic rings. The van der Waals surface area contributed by atoms with E-state index in [4.69, 9.17) is 25.8 Å². The molecule has 0 saturated heterocycles. The minimum atomic E-state index is -0.656. The lowest BCUT2D eigenvalue weighted by Gasteiger charge is -2.16. The van der Waals surface area contributed by atoms with Crippen LogP contribution < -0.4 is 10.1 Å². The van der Waals surface area contributed by atoms with Gasteiger partial charge in [-0.1, -0.05) is 66.2 Å². The predicted molar refractivity (Wildman–Crippen MR) is 146 cm³/mol. The lowest BCUT2D eigenvalue weighted by atomic mass is 10.0. The first kappa shape index (κ1) is 26.7. The Morgan fingerprint density at radius 1 is 0.921 bits per heavy atom. The molecule has 1 aromatic heterocycles. The van der Waals surface area contributed by atoms with Crippen molar-refractivity contribution in [2.75, 3.05) is 11.9 Å². The van der Waals surface area contributed by atoms with E-state index in [2.05, 4.69) is 10.3 Å². The molecule has 0 radical (unpaired) electrons. The van der Waals surface area contributed by atoms with Crippen molar-refractivity contribution >= 4 is 29.4 Å². The van der Waals surface area contributed by atoms with E-state index in [0.717, 1.165) is 16.7 Å². The van der Waals surface area contributed by atoms with Crippen LogP contribution in [-0.4, -0.2) is 23.7 Å². The normalized spacial score (nSPS) is 11.3. The second-order valence-electron chi connectivity index (χ2n) is 8.36. The second kappa shape index (κ2) is 12.7. The van der Waals surface area contributed by atoms with Gasteiger partial charge in [0.2, 0.25) is 5.88 Å². The number of halogens is 1. The van der Waals surface area contributed by atoms with E-state index in [1.807, 2.05) is 60.7 Å². The second-order valence-corrected chi connectivity index (χ2v) is 8.76. The van der Waals surface area contributed by atoms with Crippen molar-refractivity contribution < 1.29 is 23.8 Å². The number of benzene rings is 3. The van der Waals surface area contributed by atoms with Crippen LogP contribution in [-0.2, 0) is 20.7 Å². The van der Waals surface area contributed by atoms with Crippen molar-refractivity contribution in [3.8, 4) is 22.8 Å². The Morgan fingerprint density at radius 3 is 2.29 bits per heavy atom. The Labute approximate surface area is 226 Å². The molecule has 0 bridgehead atoms. The number of amides is 1. The minimum Gasteiger partial charge on any atom is -0.466 e. The van der Waals surface area contributed by atoms with E-state index >= 15 is 0 Å².